The molecule has 16 heavy (non-hydrogen) atoms. The highest BCUT2D eigenvalue weighted by Crippen LogP contribution is 2.18. The third-order valence-electron chi connectivity index (χ3n) is 2.14. The van der Waals surface area contributed by atoms with Crippen molar-refractivity contribution in [2.75, 3.05) is 19.6 Å². The molecule has 1 rings (SSSR count). The van der Waals surface area contributed by atoms with Crippen LogP contribution in [0, 0.1) is 0 Å². The Kier molecular flexibility index (Phi) is 5.49. The Bertz CT molecular complexity index is 237. The molecule has 0 radical (unpaired) electrons. The van der Waals surface area contributed by atoms with Gasteiger partial charge in [0.15, 0.2) is 0 Å². The van der Waals surface area contributed by atoms with Gasteiger partial charge in [0, 0.05) is 6.54 Å². The summed E-state index contributed by atoms with van der Waals surface area (Å²) in [5.41, 5.74) is -1.86. The smallest absolute Gasteiger partial charge is 0.407 e. The van der Waals surface area contributed by atoms with Crippen LogP contribution in [0.25, 0.3) is 0 Å². The molecule has 4 nitrogen and oxygen atoms in total. The van der Waals surface area contributed by atoms with E-state index in [4.69, 9.17) is 4.74 Å². The van der Waals surface area contributed by atoms with Crippen molar-refractivity contribution >= 4 is 18.5 Å². The van der Waals surface area contributed by atoms with Gasteiger partial charge in [-0.1, -0.05) is 0 Å². The van der Waals surface area contributed by atoms with Gasteiger partial charge >= 0.3 is 6.09 Å². The van der Waals surface area contributed by atoms with E-state index < -0.39 is 17.4 Å². The van der Waals surface area contributed by atoms with Crippen LogP contribution in [0.5, 0.6) is 0 Å². The molecule has 0 aromatic carbocycles. The minimum Gasteiger partial charge on any atom is -0.444 e. The molecule has 1 aliphatic rings. The van der Waals surface area contributed by atoms with Gasteiger partial charge in [0.1, 0.15) is 11.3 Å². The van der Waals surface area contributed by atoms with Gasteiger partial charge in [-0.2, -0.15) is 0 Å². The number of nitrogens with one attached hydrogen (secondary N) is 2. The molecular formula is C10H20ClFN2O2. The lowest BCUT2D eigenvalue weighted by Crippen LogP contribution is -2.43. The molecule has 0 saturated carbocycles. The Morgan fingerprint density at radius 3 is 2.62 bits per heavy atom. The number of carbonyl (C=O) groups excluding carboxylic acids is 1. The summed E-state index contributed by atoms with van der Waals surface area (Å²) in [6, 6.07) is 0. The molecular weight excluding hydrogens is 235 g/mol. The van der Waals surface area contributed by atoms with Crippen molar-refractivity contribution in [2.24, 2.45) is 0 Å². The highest BCUT2D eigenvalue weighted by Gasteiger charge is 2.34. The first-order chi connectivity index (χ1) is 6.81. The minimum absolute atomic E-state index is 0. The van der Waals surface area contributed by atoms with Crippen molar-refractivity contribution in [2.45, 2.75) is 38.5 Å². The normalized spacial score (nSPS) is 24.8. The lowest BCUT2D eigenvalue weighted by atomic mass is 10.1. The Morgan fingerprint density at radius 2 is 2.19 bits per heavy atom. The number of hydrogen-bond donors (Lipinski definition) is 2. The molecule has 1 fully saturated rings. The largest absolute Gasteiger partial charge is 0.444 e. The van der Waals surface area contributed by atoms with Gasteiger partial charge in [-0.25, -0.2) is 9.18 Å². The molecule has 0 aromatic rings. The van der Waals surface area contributed by atoms with Crippen LogP contribution in [0.2, 0.25) is 0 Å². The van der Waals surface area contributed by atoms with Crippen LogP contribution < -0.4 is 10.6 Å². The maximum Gasteiger partial charge on any atom is 0.407 e. The summed E-state index contributed by atoms with van der Waals surface area (Å²) < 4.78 is 18.8. The summed E-state index contributed by atoms with van der Waals surface area (Å²) in [4.78, 5) is 11.2. The molecule has 0 spiro atoms. The molecule has 1 aliphatic heterocycles. The molecule has 1 amide bonds. The van der Waals surface area contributed by atoms with Crippen LogP contribution in [-0.2, 0) is 4.74 Å². The van der Waals surface area contributed by atoms with E-state index in [0.29, 0.717) is 19.5 Å². The molecule has 0 bridgehead atoms. The topological polar surface area (TPSA) is 50.4 Å². The van der Waals surface area contributed by atoms with Crippen LogP contribution >= 0.6 is 12.4 Å². The van der Waals surface area contributed by atoms with Crippen LogP contribution in [-0.4, -0.2) is 37.0 Å². The van der Waals surface area contributed by atoms with E-state index >= 15 is 0 Å². The summed E-state index contributed by atoms with van der Waals surface area (Å²) in [5, 5.41) is 5.36. The third kappa shape index (κ3) is 5.51. The molecule has 1 atom stereocenters. The van der Waals surface area contributed by atoms with E-state index in [0.717, 1.165) is 0 Å². The molecule has 0 aromatic heterocycles. The molecule has 2 N–H and O–H groups in total. The first-order valence-electron chi connectivity index (χ1n) is 5.17. The van der Waals surface area contributed by atoms with Crippen molar-refractivity contribution < 1.29 is 13.9 Å². The van der Waals surface area contributed by atoms with Gasteiger partial charge in [-0.3, -0.25) is 0 Å². The molecule has 6 heteroatoms. The Balaban J connectivity index is 0.00000225. The maximum atomic E-state index is 13.8. The molecule has 1 saturated heterocycles. The number of carbonyl (C=O) groups is 1. The number of alkyl halides is 1. The number of ether oxygens (including phenoxy) is 1. The maximum absolute atomic E-state index is 13.8. The average Bonchev–Trinajstić information content (AvgIpc) is 2.47. The van der Waals surface area contributed by atoms with Gasteiger partial charge in [-0.15, -0.1) is 12.4 Å². The highest BCUT2D eigenvalue weighted by molar-refractivity contribution is 5.85. The van der Waals surface area contributed by atoms with Crippen molar-refractivity contribution in [1.82, 2.24) is 10.6 Å². The summed E-state index contributed by atoms with van der Waals surface area (Å²) in [5.74, 6) is 0. The first-order valence-corrected chi connectivity index (χ1v) is 5.17. The van der Waals surface area contributed by atoms with Crippen molar-refractivity contribution in [3.63, 3.8) is 0 Å². The van der Waals surface area contributed by atoms with Crippen LogP contribution in [0.15, 0.2) is 0 Å². The summed E-state index contributed by atoms with van der Waals surface area (Å²) in [6.07, 6.45) is -0.130. The van der Waals surface area contributed by atoms with E-state index in [1.165, 1.54) is 0 Å². The zero-order valence-electron chi connectivity index (χ0n) is 9.93. The fourth-order valence-corrected chi connectivity index (χ4v) is 1.41. The Morgan fingerprint density at radius 1 is 1.56 bits per heavy atom. The zero-order valence-corrected chi connectivity index (χ0v) is 10.7. The van der Waals surface area contributed by atoms with Crippen LogP contribution in [0.3, 0.4) is 0 Å². The highest BCUT2D eigenvalue weighted by atomic mass is 35.5. The molecule has 1 heterocycles. The van der Waals surface area contributed by atoms with Gasteiger partial charge < -0.3 is 15.4 Å². The first kappa shape index (κ1) is 15.4. The molecule has 0 aliphatic carbocycles. The monoisotopic (exact) mass is 254 g/mol. The molecule has 96 valence electrons. The van der Waals surface area contributed by atoms with Crippen molar-refractivity contribution in [3.05, 3.63) is 0 Å². The Labute approximate surface area is 102 Å². The van der Waals surface area contributed by atoms with Gasteiger partial charge in [0.05, 0.1) is 6.54 Å². The Hall–Kier alpha value is -0.550. The van der Waals surface area contributed by atoms with Gasteiger partial charge in [0.2, 0.25) is 0 Å². The van der Waals surface area contributed by atoms with Crippen molar-refractivity contribution in [1.29, 1.82) is 0 Å². The number of amides is 1. The van der Waals surface area contributed by atoms with E-state index in [1.54, 1.807) is 20.8 Å². The van der Waals surface area contributed by atoms with Crippen LogP contribution in [0.4, 0.5) is 9.18 Å². The standard InChI is InChI=1S/C10H19FN2O2.ClH/c1-9(2,3)15-8(14)13-7-10(11)4-5-12-6-10;/h12H,4-7H2,1-3H3,(H,13,14);1H. The zero-order chi connectivity index (χ0) is 11.5. The molecule has 1 unspecified atom stereocenters. The number of rotatable bonds is 2. The van der Waals surface area contributed by atoms with E-state index in [-0.39, 0.29) is 19.0 Å². The van der Waals surface area contributed by atoms with E-state index in [9.17, 15) is 9.18 Å². The second-order valence-electron chi connectivity index (χ2n) is 4.93. The number of alkyl carbamates (subject to hydrolysis) is 1. The van der Waals surface area contributed by atoms with E-state index in [2.05, 4.69) is 10.6 Å². The minimum atomic E-state index is -1.32. The lowest BCUT2D eigenvalue weighted by molar-refractivity contribution is 0.0485. The van der Waals surface area contributed by atoms with Crippen LogP contribution in [0.1, 0.15) is 27.2 Å². The fourth-order valence-electron chi connectivity index (χ4n) is 1.41. The van der Waals surface area contributed by atoms with Crippen molar-refractivity contribution in [3.8, 4) is 0 Å². The SMILES string of the molecule is CC(C)(C)OC(=O)NCC1(F)CCNC1.Cl. The second-order valence-corrected chi connectivity index (χ2v) is 4.93. The fraction of sp³-hybridized carbons (Fsp3) is 0.900. The van der Waals surface area contributed by atoms with Gasteiger partial charge in [-0.05, 0) is 33.7 Å². The quantitative estimate of drug-likeness (QED) is 0.788. The summed E-state index contributed by atoms with van der Waals surface area (Å²) in [6.45, 7) is 6.28. The van der Waals surface area contributed by atoms with Gasteiger partial charge in [0.25, 0.3) is 0 Å². The number of halogens is 2. The predicted molar refractivity (Wildman–Crippen MR) is 62.8 cm³/mol. The summed E-state index contributed by atoms with van der Waals surface area (Å²) in [7, 11) is 0. The lowest BCUT2D eigenvalue weighted by Gasteiger charge is -2.22. The second kappa shape index (κ2) is 5.68. The third-order valence-corrected chi connectivity index (χ3v) is 2.14. The predicted octanol–water partition coefficient (Wildman–Crippen LogP) is 1.63. The summed E-state index contributed by atoms with van der Waals surface area (Å²) >= 11 is 0. The van der Waals surface area contributed by atoms with E-state index in [1.807, 2.05) is 0 Å². The average molecular weight is 255 g/mol. The number of hydrogen-bond acceptors (Lipinski definition) is 3.